The van der Waals surface area contributed by atoms with Crippen LogP contribution >= 0.6 is 0 Å². The summed E-state index contributed by atoms with van der Waals surface area (Å²) >= 11 is 0. The average Bonchev–Trinajstić information content (AvgIpc) is 2.04. The lowest BCUT2D eigenvalue weighted by molar-refractivity contribution is 0.201. The van der Waals surface area contributed by atoms with Gasteiger partial charge in [-0.2, -0.15) is 0 Å². The van der Waals surface area contributed by atoms with E-state index in [2.05, 4.69) is 30.6 Å². The molecule has 0 aromatic rings. The number of hydrogen-bond donors (Lipinski definition) is 1. The third-order valence-electron chi connectivity index (χ3n) is 1.72. The number of rotatable bonds is 4. The second-order valence-corrected chi connectivity index (χ2v) is 2.87. The maximum absolute atomic E-state index is 8.92. The molecule has 0 saturated carbocycles. The van der Waals surface area contributed by atoms with Gasteiger partial charge in [-0.3, -0.25) is 4.90 Å². The van der Waals surface area contributed by atoms with Crippen molar-refractivity contribution in [3.8, 4) is 11.8 Å². The molecule has 1 unspecified atom stereocenters. The minimum Gasteiger partial charge on any atom is -0.392 e. The summed E-state index contributed by atoms with van der Waals surface area (Å²) < 4.78 is 0. The molecule has 70 valence electrons. The Morgan fingerprint density at radius 2 is 1.83 bits per heavy atom. The molecule has 12 heavy (non-hydrogen) atoms. The van der Waals surface area contributed by atoms with Crippen molar-refractivity contribution in [3.05, 3.63) is 0 Å². The molecule has 0 radical (unpaired) electrons. The second-order valence-electron chi connectivity index (χ2n) is 2.87. The zero-order valence-corrected chi connectivity index (χ0v) is 8.30. The van der Waals surface area contributed by atoms with E-state index >= 15 is 0 Å². The third kappa shape index (κ3) is 6.21. The summed E-state index contributed by atoms with van der Waals surface area (Å²) in [5.74, 6) is 5.98. The quantitative estimate of drug-likeness (QED) is 0.637. The van der Waals surface area contributed by atoms with Crippen LogP contribution in [0.2, 0.25) is 0 Å². The lowest BCUT2D eigenvalue weighted by Gasteiger charge is -2.13. The topological polar surface area (TPSA) is 23.5 Å². The van der Waals surface area contributed by atoms with E-state index in [-0.39, 0.29) is 6.10 Å². The molecule has 0 rings (SSSR count). The first-order valence-corrected chi connectivity index (χ1v) is 4.56. The van der Waals surface area contributed by atoms with Crippen molar-refractivity contribution in [2.75, 3.05) is 19.6 Å². The fraction of sp³-hybridized carbons (Fsp3) is 0.800. The Bertz CT molecular complexity index is 151. The molecule has 0 aliphatic heterocycles. The maximum atomic E-state index is 8.92. The molecule has 0 fully saturated rings. The average molecular weight is 169 g/mol. The second kappa shape index (κ2) is 7.15. The van der Waals surface area contributed by atoms with Crippen molar-refractivity contribution in [3.63, 3.8) is 0 Å². The lowest BCUT2D eigenvalue weighted by atomic mass is 10.3. The highest BCUT2D eigenvalue weighted by molar-refractivity contribution is 5.01. The molecule has 2 nitrogen and oxygen atoms in total. The summed E-state index contributed by atoms with van der Waals surface area (Å²) in [6.07, 6.45) is 0.288. The molecule has 2 heteroatoms. The molecule has 0 aliphatic rings. The van der Waals surface area contributed by atoms with Crippen LogP contribution in [0.3, 0.4) is 0 Å². The van der Waals surface area contributed by atoms with Gasteiger partial charge in [0.2, 0.25) is 0 Å². The van der Waals surface area contributed by atoms with Gasteiger partial charge in [0.25, 0.3) is 0 Å². The van der Waals surface area contributed by atoms with Gasteiger partial charge in [-0.25, -0.2) is 0 Å². The van der Waals surface area contributed by atoms with Crippen molar-refractivity contribution in [2.45, 2.75) is 33.3 Å². The largest absolute Gasteiger partial charge is 0.392 e. The first kappa shape index (κ1) is 11.5. The summed E-state index contributed by atoms with van der Waals surface area (Å²) in [7, 11) is 0. The minimum absolute atomic E-state index is 0.297. The first-order chi connectivity index (χ1) is 5.70. The summed E-state index contributed by atoms with van der Waals surface area (Å²) in [6, 6.07) is 0. The van der Waals surface area contributed by atoms with Gasteiger partial charge in [0, 0.05) is 6.42 Å². The summed E-state index contributed by atoms with van der Waals surface area (Å²) in [6.45, 7) is 8.91. The maximum Gasteiger partial charge on any atom is 0.0621 e. The molecular formula is C10H19NO. The number of nitrogens with zero attached hydrogens (tertiary/aromatic N) is 1. The zero-order chi connectivity index (χ0) is 9.40. The van der Waals surface area contributed by atoms with Crippen LogP contribution in [0.1, 0.15) is 27.2 Å². The summed E-state index contributed by atoms with van der Waals surface area (Å²) in [5, 5.41) is 8.92. The number of hydrogen-bond acceptors (Lipinski definition) is 2. The van der Waals surface area contributed by atoms with Crippen LogP contribution in [0.25, 0.3) is 0 Å². The van der Waals surface area contributed by atoms with E-state index in [0.717, 1.165) is 19.6 Å². The molecule has 0 bridgehead atoms. The molecule has 0 aliphatic carbocycles. The smallest absolute Gasteiger partial charge is 0.0621 e. The van der Waals surface area contributed by atoms with E-state index in [0.29, 0.717) is 6.42 Å². The van der Waals surface area contributed by atoms with E-state index in [1.165, 1.54) is 0 Å². The van der Waals surface area contributed by atoms with Crippen molar-refractivity contribution >= 4 is 0 Å². The minimum atomic E-state index is -0.297. The third-order valence-corrected chi connectivity index (χ3v) is 1.72. The Hall–Kier alpha value is -0.520. The van der Waals surface area contributed by atoms with E-state index < -0.39 is 0 Å². The van der Waals surface area contributed by atoms with Gasteiger partial charge >= 0.3 is 0 Å². The zero-order valence-electron chi connectivity index (χ0n) is 8.30. The monoisotopic (exact) mass is 169 g/mol. The highest BCUT2D eigenvalue weighted by Crippen LogP contribution is 1.87. The van der Waals surface area contributed by atoms with E-state index in [4.69, 9.17) is 5.11 Å². The Morgan fingerprint density at radius 1 is 1.25 bits per heavy atom. The molecule has 0 amide bonds. The predicted octanol–water partition coefficient (Wildman–Crippen LogP) is 1.10. The molecule has 0 saturated heterocycles. The van der Waals surface area contributed by atoms with Crippen LogP contribution in [-0.2, 0) is 0 Å². The van der Waals surface area contributed by atoms with Crippen molar-refractivity contribution < 1.29 is 5.11 Å². The highest BCUT2D eigenvalue weighted by Gasteiger charge is 1.93. The van der Waals surface area contributed by atoms with Crippen molar-refractivity contribution in [1.82, 2.24) is 4.90 Å². The summed E-state index contributed by atoms with van der Waals surface area (Å²) in [5.41, 5.74) is 0. The predicted molar refractivity (Wildman–Crippen MR) is 51.9 cm³/mol. The van der Waals surface area contributed by atoms with Crippen LogP contribution in [0.15, 0.2) is 0 Å². The molecule has 0 aromatic carbocycles. The Morgan fingerprint density at radius 3 is 2.25 bits per heavy atom. The van der Waals surface area contributed by atoms with E-state index in [1.54, 1.807) is 6.92 Å². The molecule has 0 spiro atoms. The Labute approximate surface area is 75.6 Å². The van der Waals surface area contributed by atoms with Crippen LogP contribution in [0.4, 0.5) is 0 Å². The van der Waals surface area contributed by atoms with E-state index in [9.17, 15) is 0 Å². The number of aliphatic hydroxyl groups excluding tert-OH is 1. The first-order valence-electron chi connectivity index (χ1n) is 4.56. The molecular weight excluding hydrogens is 150 g/mol. The molecule has 0 aromatic heterocycles. The van der Waals surface area contributed by atoms with Gasteiger partial charge in [-0.1, -0.05) is 25.7 Å². The summed E-state index contributed by atoms with van der Waals surface area (Å²) in [4.78, 5) is 2.25. The van der Waals surface area contributed by atoms with Crippen LogP contribution < -0.4 is 0 Å². The van der Waals surface area contributed by atoms with Crippen LogP contribution in [-0.4, -0.2) is 35.7 Å². The van der Waals surface area contributed by atoms with Gasteiger partial charge in [-0.05, 0) is 20.0 Å². The van der Waals surface area contributed by atoms with Gasteiger partial charge in [0.05, 0.1) is 12.6 Å². The van der Waals surface area contributed by atoms with Crippen LogP contribution in [0, 0.1) is 11.8 Å². The Kier molecular flexibility index (Phi) is 6.84. The number of aliphatic hydroxyl groups is 1. The van der Waals surface area contributed by atoms with Crippen molar-refractivity contribution in [1.29, 1.82) is 0 Å². The molecule has 1 N–H and O–H groups in total. The lowest BCUT2D eigenvalue weighted by Crippen LogP contribution is -2.22. The molecule has 1 atom stereocenters. The van der Waals surface area contributed by atoms with E-state index in [1.807, 2.05) is 0 Å². The normalized spacial score (nSPS) is 12.4. The van der Waals surface area contributed by atoms with Gasteiger partial charge < -0.3 is 5.11 Å². The molecule has 0 heterocycles. The highest BCUT2D eigenvalue weighted by atomic mass is 16.3. The SMILES string of the molecule is CCN(CC)CC#CCC(C)O. The van der Waals surface area contributed by atoms with Gasteiger partial charge in [-0.15, -0.1) is 0 Å². The fourth-order valence-corrected chi connectivity index (χ4v) is 0.835. The van der Waals surface area contributed by atoms with Crippen LogP contribution in [0.5, 0.6) is 0 Å². The standard InChI is InChI=1S/C10H19NO/c1-4-11(5-2)9-7-6-8-10(3)12/h10,12H,4-5,8-9H2,1-3H3. The van der Waals surface area contributed by atoms with Gasteiger partial charge in [0.1, 0.15) is 0 Å². The van der Waals surface area contributed by atoms with Crippen molar-refractivity contribution in [2.24, 2.45) is 0 Å². The Balaban J connectivity index is 3.54. The van der Waals surface area contributed by atoms with Gasteiger partial charge in [0.15, 0.2) is 0 Å². The fourth-order valence-electron chi connectivity index (χ4n) is 0.835.